The summed E-state index contributed by atoms with van der Waals surface area (Å²) in [6, 6.07) is 9.84. The van der Waals surface area contributed by atoms with Crippen molar-refractivity contribution in [2.24, 2.45) is 5.41 Å². The Morgan fingerprint density at radius 3 is 2.42 bits per heavy atom. The third kappa shape index (κ3) is 3.31. The number of para-hydroxylation sites is 1. The van der Waals surface area contributed by atoms with Gasteiger partial charge in [0, 0.05) is 12.6 Å². The lowest BCUT2D eigenvalue weighted by molar-refractivity contribution is 0.0939. The van der Waals surface area contributed by atoms with Crippen LogP contribution in [0.25, 0.3) is 5.69 Å². The summed E-state index contributed by atoms with van der Waals surface area (Å²) in [6.07, 6.45) is 2.37. The predicted molar refractivity (Wildman–Crippen MR) is 76.7 cm³/mol. The van der Waals surface area contributed by atoms with E-state index in [9.17, 15) is 4.79 Å². The molecule has 0 atom stereocenters. The molecule has 0 saturated carbocycles. The number of carbonyl (C=O) groups is 1. The Balaban J connectivity index is 2.30. The summed E-state index contributed by atoms with van der Waals surface area (Å²) in [5.41, 5.74) is 2.48. The van der Waals surface area contributed by atoms with Crippen molar-refractivity contribution >= 4 is 5.78 Å². The topological polar surface area (TPSA) is 34.9 Å². The van der Waals surface area contributed by atoms with Gasteiger partial charge in [0.25, 0.3) is 0 Å². The summed E-state index contributed by atoms with van der Waals surface area (Å²) in [7, 11) is 0. The van der Waals surface area contributed by atoms with Crippen molar-refractivity contribution in [3.05, 3.63) is 47.8 Å². The maximum absolute atomic E-state index is 12.3. The summed E-state index contributed by atoms with van der Waals surface area (Å²) in [5.74, 6) is 0.159. The van der Waals surface area contributed by atoms with Gasteiger partial charge in [-0.15, -0.1) is 0 Å². The molecule has 19 heavy (non-hydrogen) atoms. The van der Waals surface area contributed by atoms with E-state index in [4.69, 9.17) is 0 Å². The molecule has 0 fully saturated rings. The second-order valence-electron chi connectivity index (χ2n) is 6.07. The zero-order valence-corrected chi connectivity index (χ0v) is 12.0. The van der Waals surface area contributed by atoms with Crippen LogP contribution in [0.4, 0.5) is 0 Å². The predicted octanol–water partition coefficient (Wildman–Crippen LogP) is 3.80. The Morgan fingerprint density at radius 2 is 1.84 bits per heavy atom. The lowest BCUT2D eigenvalue weighted by Crippen LogP contribution is -2.13. The van der Waals surface area contributed by atoms with Crippen molar-refractivity contribution in [3.63, 3.8) is 0 Å². The van der Waals surface area contributed by atoms with E-state index in [2.05, 4.69) is 25.9 Å². The first-order valence-electron chi connectivity index (χ1n) is 6.52. The summed E-state index contributed by atoms with van der Waals surface area (Å²) in [5, 5.41) is 4.43. The Labute approximate surface area is 114 Å². The van der Waals surface area contributed by atoms with Crippen molar-refractivity contribution in [2.45, 2.75) is 34.1 Å². The van der Waals surface area contributed by atoms with Crippen molar-refractivity contribution in [3.8, 4) is 5.69 Å². The molecular weight excluding hydrogens is 236 g/mol. The number of hydrogen-bond donors (Lipinski definition) is 0. The Morgan fingerprint density at radius 1 is 1.21 bits per heavy atom. The average Bonchev–Trinajstić information content (AvgIpc) is 2.70. The van der Waals surface area contributed by atoms with E-state index in [0.717, 1.165) is 16.9 Å². The molecule has 0 aliphatic carbocycles. The molecule has 3 heteroatoms. The Bertz CT molecular complexity index is 577. The van der Waals surface area contributed by atoms with Crippen LogP contribution in [-0.4, -0.2) is 15.6 Å². The van der Waals surface area contributed by atoms with Crippen LogP contribution >= 0.6 is 0 Å². The van der Waals surface area contributed by atoms with Gasteiger partial charge in [-0.25, -0.2) is 4.68 Å². The molecule has 2 aromatic rings. The zero-order chi connectivity index (χ0) is 14.0. The number of benzene rings is 1. The molecule has 2 rings (SSSR count). The van der Waals surface area contributed by atoms with Crippen LogP contribution in [0.5, 0.6) is 0 Å². The van der Waals surface area contributed by atoms with E-state index in [1.807, 2.05) is 43.5 Å². The van der Waals surface area contributed by atoms with Gasteiger partial charge < -0.3 is 0 Å². The lowest BCUT2D eigenvalue weighted by atomic mass is 9.88. The molecule has 0 aliphatic heterocycles. The molecule has 0 aliphatic rings. The van der Waals surface area contributed by atoms with Crippen LogP contribution in [0.3, 0.4) is 0 Å². The van der Waals surface area contributed by atoms with Crippen LogP contribution in [0.1, 0.15) is 43.2 Å². The van der Waals surface area contributed by atoms with Crippen molar-refractivity contribution < 1.29 is 4.79 Å². The SMILES string of the molecule is Cc1nn(-c2ccccc2)cc1C(=O)CC(C)(C)C. The monoisotopic (exact) mass is 256 g/mol. The van der Waals surface area contributed by atoms with Crippen LogP contribution in [0, 0.1) is 12.3 Å². The number of Topliss-reactive ketones (excluding diaryl/α,β-unsaturated/α-hetero) is 1. The zero-order valence-electron chi connectivity index (χ0n) is 12.0. The highest BCUT2D eigenvalue weighted by molar-refractivity contribution is 5.97. The van der Waals surface area contributed by atoms with E-state index in [1.54, 1.807) is 4.68 Å². The number of carbonyl (C=O) groups excluding carboxylic acids is 1. The summed E-state index contributed by atoms with van der Waals surface area (Å²) >= 11 is 0. The molecule has 0 radical (unpaired) electrons. The van der Waals surface area contributed by atoms with E-state index in [1.165, 1.54) is 0 Å². The quantitative estimate of drug-likeness (QED) is 0.783. The van der Waals surface area contributed by atoms with Gasteiger partial charge in [0.15, 0.2) is 5.78 Å². The standard InChI is InChI=1S/C16H20N2O/c1-12-14(15(19)10-16(2,3)4)11-18(17-12)13-8-6-5-7-9-13/h5-9,11H,10H2,1-4H3. The number of hydrogen-bond acceptors (Lipinski definition) is 2. The second kappa shape index (κ2) is 5.00. The summed E-state index contributed by atoms with van der Waals surface area (Å²) < 4.78 is 1.77. The largest absolute Gasteiger partial charge is 0.294 e. The van der Waals surface area contributed by atoms with Crippen LogP contribution in [0.15, 0.2) is 36.5 Å². The fraction of sp³-hybridized carbons (Fsp3) is 0.375. The minimum Gasteiger partial charge on any atom is -0.294 e. The van der Waals surface area contributed by atoms with Crippen LogP contribution in [-0.2, 0) is 0 Å². The molecule has 100 valence electrons. The Hall–Kier alpha value is -1.90. The maximum atomic E-state index is 12.3. The van der Waals surface area contributed by atoms with Gasteiger partial charge in [0.1, 0.15) is 0 Å². The first-order valence-corrected chi connectivity index (χ1v) is 6.52. The molecule has 1 heterocycles. The summed E-state index contributed by atoms with van der Waals surface area (Å²) in [6.45, 7) is 8.10. The highest BCUT2D eigenvalue weighted by Gasteiger charge is 2.20. The van der Waals surface area contributed by atoms with Crippen molar-refractivity contribution in [1.82, 2.24) is 9.78 Å². The van der Waals surface area contributed by atoms with Gasteiger partial charge in [-0.1, -0.05) is 39.0 Å². The minimum absolute atomic E-state index is 0.00162. The van der Waals surface area contributed by atoms with Crippen LogP contribution < -0.4 is 0 Å². The van der Waals surface area contributed by atoms with Gasteiger partial charge in [-0.3, -0.25) is 4.79 Å². The normalized spacial score (nSPS) is 11.6. The van der Waals surface area contributed by atoms with E-state index >= 15 is 0 Å². The third-order valence-corrected chi connectivity index (χ3v) is 2.91. The van der Waals surface area contributed by atoms with Gasteiger partial charge in [-0.05, 0) is 24.5 Å². The molecule has 0 amide bonds. The number of rotatable bonds is 3. The van der Waals surface area contributed by atoms with Crippen LogP contribution in [0.2, 0.25) is 0 Å². The molecule has 1 aromatic heterocycles. The van der Waals surface area contributed by atoms with Gasteiger partial charge in [0.2, 0.25) is 0 Å². The fourth-order valence-electron chi connectivity index (χ4n) is 2.02. The Kier molecular flexibility index (Phi) is 3.56. The van der Waals surface area contributed by atoms with Gasteiger partial charge in [-0.2, -0.15) is 5.10 Å². The molecule has 0 bridgehead atoms. The van der Waals surface area contributed by atoms with Crippen molar-refractivity contribution in [1.29, 1.82) is 0 Å². The third-order valence-electron chi connectivity index (χ3n) is 2.91. The highest BCUT2D eigenvalue weighted by Crippen LogP contribution is 2.23. The molecule has 0 unspecified atom stereocenters. The molecule has 0 saturated heterocycles. The molecule has 3 nitrogen and oxygen atoms in total. The second-order valence-corrected chi connectivity index (χ2v) is 6.07. The maximum Gasteiger partial charge on any atom is 0.166 e. The number of ketones is 1. The number of aryl methyl sites for hydroxylation is 1. The van der Waals surface area contributed by atoms with Crippen molar-refractivity contribution in [2.75, 3.05) is 0 Å². The average molecular weight is 256 g/mol. The minimum atomic E-state index is -0.00162. The first-order chi connectivity index (χ1) is 8.87. The number of aromatic nitrogens is 2. The smallest absolute Gasteiger partial charge is 0.166 e. The van der Waals surface area contributed by atoms with Gasteiger partial charge >= 0.3 is 0 Å². The molecule has 0 N–H and O–H groups in total. The highest BCUT2D eigenvalue weighted by atomic mass is 16.1. The molecule has 0 spiro atoms. The first kappa shape index (κ1) is 13.5. The summed E-state index contributed by atoms with van der Waals surface area (Å²) in [4.78, 5) is 12.3. The molecule has 1 aromatic carbocycles. The lowest BCUT2D eigenvalue weighted by Gasteiger charge is -2.16. The van der Waals surface area contributed by atoms with E-state index in [0.29, 0.717) is 6.42 Å². The number of nitrogens with zero attached hydrogens (tertiary/aromatic N) is 2. The van der Waals surface area contributed by atoms with E-state index in [-0.39, 0.29) is 11.2 Å². The van der Waals surface area contributed by atoms with Gasteiger partial charge in [0.05, 0.1) is 16.9 Å². The fourth-order valence-corrected chi connectivity index (χ4v) is 2.02. The van der Waals surface area contributed by atoms with E-state index < -0.39 is 0 Å². The molecular formula is C16H20N2O.